The van der Waals surface area contributed by atoms with Crippen molar-refractivity contribution in [2.24, 2.45) is 11.8 Å². The third-order valence-electron chi connectivity index (χ3n) is 6.03. The lowest BCUT2D eigenvalue weighted by Crippen LogP contribution is -2.08. The molecule has 27 heavy (non-hydrogen) atoms. The summed E-state index contributed by atoms with van der Waals surface area (Å²) in [6.07, 6.45) is 26.1. The van der Waals surface area contributed by atoms with Crippen LogP contribution in [0.1, 0.15) is 150 Å². The minimum atomic E-state index is 0.859. The first-order valence-corrected chi connectivity index (χ1v) is 12.7. The molecule has 0 N–H and O–H groups in total. The van der Waals surface area contributed by atoms with Gasteiger partial charge in [0.25, 0.3) is 0 Å². The third kappa shape index (κ3) is 20.1. The van der Waals surface area contributed by atoms with E-state index in [1.54, 1.807) is 0 Å². The van der Waals surface area contributed by atoms with Crippen LogP contribution >= 0.6 is 0 Å². The number of rotatable bonds is 19. The summed E-state index contributed by atoms with van der Waals surface area (Å²) >= 11 is 0. The molecule has 0 amide bonds. The Hall–Kier alpha value is -0.440. The summed E-state index contributed by atoms with van der Waals surface area (Å²) in [4.78, 5) is 0. The molecule has 0 saturated carbocycles. The maximum Gasteiger partial charge on any atom is 0.00886 e. The Balaban J connectivity index is 3.35. The lowest BCUT2D eigenvalue weighted by molar-refractivity contribution is 0.317. The van der Waals surface area contributed by atoms with Crippen molar-refractivity contribution in [1.82, 2.24) is 0 Å². The van der Waals surface area contributed by atoms with Gasteiger partial charge in [-0.2, -0.15) is 0 Å². The van der Waals surface area contributed by atoms with Crippen LogP contribution in [-0.2, 0) is 0 Å². The van der Waals surface area contributed by atoms with Gasteiger partial charge in [0, 0.05) is 12.8 Å². The molecule has 0 aliphatic heterocycles. The predicted octanol–water partition coefficient (Wildman–Crippen LogP) is 9.71. The van der Waals surface area contributed by atoms with Crippen LogP contribution in [0.4, 0.5) is 0 Å². The van der Waals surface area contributed by atoms with E-state index in [1.807, 2.05) is 0 Å². The lowest BCUT2D eigenvalue weighted by Gasteiger charge is -2.20. The van der Waals surface area contributed by atoms with Crippen LogP contribution in [0.3, 0.4) is 0 Å². The second-order valence-electron chi connectivity index (χ2n) is 9.03. The quantitative estimate of drug-likeness (QED) is 0.155. The number of unbranched alkanes of at least 4 members (excludes halogenated alkanes) is 14. The summed E-state index contributed by atoms with van der Waals surface area (Å²) in [7, 11) is 0. The van der Waals surface area contributed by atoms with Gasteiger partial charge < -0.3 is 0 Å². The zero-order chi connectivity index (χ0) is 20.0. The normalized spacial score (nSPS) is 12.2. The van der Waals surface area contributed by atoms with E-state index >= 15 is 0 Å². The van der Waals surface area contributed by atoms with Crippen LogP contribution in [0.25, 0.3) is 0 Å². The average molecular weight is 377 g/mol. The fraction of sp³-hybridized carbons (Fsp3) is 0.926. The molecule has 0 aliphatic rings. The number of hydrogen-bond donors (Lipinski definition) is 0. The van der Waals surface area contributed by atoms with Gasteiger partial charge in [-0.05, 0) is 24.7 Å². The summed E-state index contributed by atoms with van der Waals surface area (Å²) in [5, 5.41) is 0. The highest BCUT2D eigenvalue weighted by atomic mass is 14.2. The SMILES string of the molecule is CCCCCCCCCCCCC#CCCCCCC(CCCC)C(C)C. The molecular weight excluding hydrogens is 324 g/mol. The molecule has 0 aromatic heterocycles. The van der Waals surface area contributed by atoms with Gasteiger partial charge in [-0.3, -0.25) is 0 Å². The lowest BCUT2D eigenvalue weighted by atomic mass is 9.86. The van der Waals surface area contributed by atoms with Crippen LogP contribution in [0, 0.1) is 23.7 Å². The fourth-order valence-electron chi connectivity index (χ4n) is 3.95. The zero-order valence-corrected chi connectivity index (χ0v) is 19.6. The van der Waals surface area contributed by atoms with Gasteiger partial charge in [-0.25, -0.2) is 0 Å². The van der Waals surface area contributed by atoms with Crippen molar-refractivity contribution < 1.29 is 0 Å². The van der Waals surface area contributed by atoms with Gasteiger partial charge in [-0.15, -0.1) is 11.8 Å². The average Bonchev–Trinajstić information content (AvgIpc) is 2.66. The molecule has 0 heterocycles. The second kappa shape index (κ2) is 21.9. The van der Waals surface area contributed by atoms with Crippen molar-refractivity contribution in [2.75, 3.05) is 0 Å². The predicted molar refractivity (Wildman–Crippen MR) is 125 cm³/mol. The first kappa shape index (κ1) is 26.6. The minimum absolute atomic E-state index is 0.859. The van der Waals surface area contributed by atoms with Crippen molar-refractivity contribution in [3.63, 3.8) is 0 Å². The molecule has 1 atom stereocenters. The van der Waals surface area contributed by atoms with Crippen molar-refractivity contribution in [3.05, 3.63) is 0 Å². The Morgan fingerprint density at radius 2 is 0.889 bits per heavy atom. The Labute approximate surface area is 173 Å². The first-order chi connectivity index (χ1) is 13.2. The molecule has 0 bridgehead atoms. The highest BCUT2D eigenvalue weighted by Gasteiger charge is 2.11. The molecule has 160 valence electrons. The molecule has 0 fully saturated rings. The van der Waals surface area contributed by atoms with E-state index in [1.165, 1.54) is 109 Å². The summed E-state index contributed by atoms with van der Waals surface area (Å²) in [5.41, 5.74) is 0. The summed E-state index contributed by atoms with van der Waals surface area (Å²) in [5.74, 6) is 8.63. The smallest absolute Gasteiger partial charge is 0.00886 e. The highest BCUT2D eigenvalue weighted by Crippen LogP contribution is 2.24. The van der Waals surface area contributed by atoms with Gasteiger partial charge in [0.15, 0.2) is 0 Å². The highest BCUT2D eigenvalue weighted by molar-refractivity contribution is 4.98. The van der Waals surface area contributed by atoms with E-state index in [0.717, 1.165) is 24.7 Å². The van der Waals surface area contributed by atoms with Crippen LogP contribution in [0.15, 0.2) is 0 Å². The third-order valence-corrected chi connectivity index (χ3v) is 6.03. The minimum Gasteiger partial charge on any atom is -0.103 e. The summed E-state index contributed by atoms with van der Waals surface area (Å²) < 4.78 is 0. The molecule has 0 spiro atoms. The maximum absolute atomic E-state index is 3.41. The molecule has 1 unspecified atom stereocenters. The molecule has 0 nitrogen and oxygen atoms in total. The summed E-state index contributed by atoms with van der Waals surface area (Å²) in [6, 6.07) is 0. The largest absolute Gasteiger partial charge is 0.103 e. The molecule has 0 aliphatic carbocycles. The summed E-state index contributed by atoms with van der Waals surface area (Å²) in [6.45, 7) is 9.41. The molecule has 0 aromatic carbocycles. The van der Waals surface area contributed by atoms with Crippen LogP contribution in [0.5, 0.6) is 0 Å². The Morgan fingerprint density at radius 1 is 0.481 bits per heavy atom. The molecule has 0 heteroatoms. The molecule has 0 saturated heterocycles. The van der Waals surface area contributed by atoms with E-state index < -0.39 is 0 Å². The van der Waals surface area contributed by atoms with Gasteiger partial charge in [-0.1, -0.05) is 124 Å². The van der Waals surface area contributed by atoms with Gasteiger partial charge in [0.2, 0.25) is 0 Å². The van der Waals surface area contributed by atoms with Crippen molar-refractivity contribution >= 4 is 0 Å². The molecule has 0 rings (SSSR count). The van der Waals surface area contributed by atoms with Crippen LogP contribution < -0.4 is 0 Å². The van der Waals surface area contributed by atoms with Gasteiger partial charge in [0.1, 0.15) is 0 Å². The van der Waals surface area contributed by atoms with E-state index in [2.05, 4.69) is 39.5 Å². The van der Waals surface area contributed by atoms with Crippen molar-refractivity contribution in [3.8, 4) is 11.8 Å². The van der Waals surface area contributed by atoms with Gasteiger partial charge >= 0.3 is 0 Å². The Bertz CT molecular complexity index is 330. The van der Waals surface area contributed by atoms with E-state index in [-0.39, 0.29) is 0 Å². The van der Waals surface area contributed by atoms with E-state index in [4.69, 9.17) is 0 Å². The molecule has 0 radical (unpaired) electrons. The van der Waals surface area contributed by atoms with Crippen molar-refractivity contribution in [1.29, 1.82) is 0 Å². The molecule has 0 aromatic rings. The number of hydrogen-bond acceptors (Lipinski definition) is 0. The molecular formula is C27H52. The maximum atomic E-state index is 3.41. The Kier molecular flexibility index (Phi) is 21.5. The topological polar surface area (TPSA) is 0 Å². The monoisotopic (exact) mass is 376 g/mol. The standard InChI is InChI=1S/C27H52/c1-5-7-9-10-11-12-13-14-15-16-17-18-19-20-21-22-23-25-27(26(3)4)24-8-6-2/h26-27H,5-17,20-25H2,1-4H3. The fourth-order valence-corrected chi connectivity index (χ4v) is 3.95. The van der Waals surface area contributed by atoms with E-state index in [0.29, 0.717) is 0 Å². The van der Waals surface area contributed by atoms with Crippen LogP contribution in [-0.4, -0.2) is 0 Å². The second-order valence-corrected chi connectivity index (χ2v) is 9.03. The Morgan fingerprint density at radius 3 is 1.37 bits per heavy atom. The van der Waals surface area contributed by atoms with Gasteiger partial charge in [0.05, 0.1) is 0 Å². The first-order valence-electron chi connectivity index (χ1n) is 12.7. The van der Waals surface area contributed by atoms with Crippen LogP contribution in [0.2, 0.25) is 0 Å². The van der Waals surface area contributed by atoms with E-state index in [9.17, 15) is 0 Å². The zero-order valence-electron chi connectivity index (χ0n) is 19.6. The van der Waals surface area contributed by atoms with Crippen molar-refractivity contribution in [2.45, 2.75) is 150 Å².